The van der Waals surface area contributed by atoms with Crippen molar-refractivity contribution in [3.63, 3.8) is 0 Å². The minimum absolute atomic E-state index is 0.221. The van der Waals surface area contributed by atoms with Gasteiger partial charge >= 0.3 is 18.3 Å². The lowest BCUT2D eigenvalue weighted by Gasteiger charge is -2.16. The van der Waals surface area contributed by atoms with Gasteiger partial charge in [0.1, 0.15) is 0 Å². The summed E-state index contributed by atoms with van der Waals surface area (Å²) in [6.07, 6.45) is 17.7. The third kappa shape index (κ3) is 28.4. The van der Waals surface area contributed by atoms with Crippen molar-refractivity contribution < 1.29 is 29.0 Å². The Balaban J connectivity index is 0. The predicted molar refractivity (Wildman–Crippen MR) is 151 cm³/mol. The van der Waals surface area contributed by atoms with Crippen molar-refractivity contribution >= 4 is 18.3 Å². The van der Waals surface area contributed by atoms with E-state index in [1.807, 2.05) is 6.92 Å². The summed E-state index contributed by atoms with van der Waals surface area (Å²) in [6.45, 7) is 10.4. The summed E-state index contributed by atoms with van der Waals surface area (Å²) in [5.74, 6) is 0. The van der Waals surface area contributed by atoms with Crippen LogP contribution >= 0.6 is 0 Å². The smallest absolute Gasteiger partial charge is 0.419 e. The highest BCUT2D eigenvalue weighted by Gasteiger charge is 2.21. The van der Waals surface area contributed by atoms with E-state index in [0.29, 0.717) is 19.6 Å². The number of rotatable bonds is 22. The van der Waals surface area contributed by atoms with Gasteiger partial charge in [-0.05, 0) is 25.7 Å². The van der Waals surface area contributed by atoms with E-state index in [2.05, 4.69) is 26.1 Å². The molecule has 0 aliphatic carbocycles. The van der Waals surface area contributed by atoms with Gasteiger partial charge in [-0.25, -0.2) is 19.3 Å². The molecule has 0 fully saturated rings. The second-order valence-electron chi connectivity index (χ2n) is 9.56. The van der Waals surface area contributed by atoms with Gasteiger partial charge in [0, 0.05) is 13.1 Å². The van der Waals surface area contributed by atoms with Crippen molar-refractivity contribution in [3.8, 4) is 0 Å². The van der Waals surface area contributed by atoms with Crippen molar-refractivity contribution in [2.24, 2.45) is 0 Å². The molecule has 220 valence electrons. The lowest BCUT2D eigenvalue weighted by atomic mass is 10.1. The number of nitrogens with zero attached hydrogens (tertiary/aromatic N) is 1. The number of hydrogen-bond donors (Lipinski definition) is 2. The molecule has 0 aromatic carbocycles. The molecule has 0 aliphatic heterocycles. The van der Waals surface area contributed by atoms with Crippen LogP contribution < -0.4 is 5.32 Å². The molecule has 3 amide bonds. The van der Waals surface area contributed by atoms with Crippen LogP contribution in [-0.4, -0.2) is 54.6 Å². The zero-order chi connectivity index (χ0) is 28.0. The van der Waals surface area contributed by atoms with Crippen molar-refractivity contribution in [2.45, 2.75) is 143 Å². The molecule has 0 radical (unpaired) electrons. The van der Waals surface area contributed by atoms with Gasteiger partial charge < -0.3 is 19.9 Å². The van der Waals surface area contributed by atoms with Gasteiger partial charge in [-0.15, -0.1) is 0 Å². The largest absolute Gasteiger partial charge is 0.465 e. The molecular formula is C29H58N2O6. The van der Waals surface area contributed by atoms with E-state index in [1.54, 1.807) is 0 Å². The standard InChI is InChI=1S/C15H29NO4.C14H29NO2/c1-3-5-7-8-9-11-13-20-15(19)16(14(17)18)12-10-6-4-2;1-3-5-7-8-9-11-13-17-14(16)15-12-10-6-4-2/h3-13H2,1-2H3,(H,17,18);3-13H2,1-2H3,(H,15,16). The van der Waals surface area contributed by atoms with Crippen LogP contribution in [0.3, 0.4) is 0 Å². The van der Waals surface area contributed by atoms with Crippen molar-refractivity contribution in [1.82, 2.24) is 10.2 Å². The van der Waals surface area contributed by atoms with Gasteiger partial charge in [-0.2, -0.15) is 0 Å². The van der Waals surface area contributed by atoms with Gasteiger partial charge in [0.05, 0.1) is 13.2 Å². The van der Waals surface area contributed by atoms with E-state index in [-0.39, 0.29) is 12.6 Å². The molecule has 8 heteroatoms. The topological polar surface area (TPSA) is 105 Å². The summed E-state index contributed by atoms with van der Waals surface area (Å²) < 4.78 is 10.1. The Kier molecular flexibility index (Phi) is 30.4. The van der Waals surface area contributed by atoms with Gasteiger partial charge in [0.15, 0.2) is 0 Å². The predicted octanol–water partition coefficient (Wildman–Crippen LogP) is 8.92. The number of imide groups is 1. The highest BCUT2D eigenvalue weighted by atomic mass is 16.6. The van der Waals surface area contributed by atoms with E-state index < -0.39 is 12.2 Å². The first-order chi connectivity index (χ1) is 17.9. The number of carbonyl (C=O) groups excluding carboxylic acids is 2. The van der Waals surface area contributed by atoms with Crippen LogP contribution in [0.4, 0.5) is 14.4 Å². The number of carbonyl (C=O) groups is 3. The Morgan fingerprint density at radius 2 is 1.03 bits per heavy atom. The van der Waals surface area contributed by atoms with Crippen LogP contribution in [0.5, 0.6) is 0 Å². The maximum absolute atomic E-state index is 11.6. The molecule has 0 saturated carbocycles. The number of alkyl carbamates (subject to hydrolysis) is 1. The Bertz CT molecular complexity index is 531. The highest BCUT2D eigenvalue weighted by molar-refractivity contribution is 5.86. The molecule has 2 N–H and O–H groups in total. The molecule has 37 heavy (non-hydrogen) atoms. The number of hydrogen-bond acceptors (Lipinski definition) is 5. The van der Waals surface area contributed by atoms with Gasteiger partial charge in [0.2, 0.25) is 0 Å². The van der Waals surface area contributed by atoms with E-state index in [0.717, 1.165) is 62.8 Å². The zero-order valence-corrected chi connectivity index (χ0v) is 24.5. The van der Waals surface area contributed by atoms with Gasteiger partial charge in [-0.1, -0.05) is 118 Å². The Morgan fingerprint density at radius 1 is 0.595 bits per heavy atom. The number of carboxylic acid groups (broad SMARTS) is 1. The molecular weight excluding hydrogens is 472 g/mol. The molecule has 8 nitrogen and oxygen atoms in total. The monoisotopic (exact) mass is 530 g/mol. The first-order valence-corrected chi connectivity index (χ1v) is 15.0. The average molecular weight is 531 g/mol. The molecule has 0 heterocycles. The molecule has 0 aliphatic rings. The van der Waals surface area contributed by atoms with Crippen LogP contribution in [0.1, 0.15) is 143 Å². The summed E-state index contributed by atoms with van der Waals surface area (Å²) in [6, 6.07) is 0. The fourth-order valence-corrected chi connectivity index (χ4v) is 3.57. The van der Waals surface area contributed by atoms with Crippen LogP contribution in [0.15, 0.2) is 0 Å². The van der Waals surface area contributed by atoms with Gasteiger partial charge in [0.25, 0.3) is 0 Å². The quantitative estimate of drug-likeness (QED) is 0.135. The summed E-state index contributed by atoms with van der Waals surface area (Å²) >= 11 is 0. The van der Waals surface area contributed by atoms with Crippen LogP contribution in [0.25, 0.3) is 0 Å². The van der Waals surface area contributed by atoms with Crippen molar-refractivity contribution in [3.05, 3.63) is 0 Å². The third-order valence-corrected chi connectivity index (χ3v) is 5.94. The molecule has 0 aromatic heterocycles. The normalized spacial score (nSPS) is 10.3. The van der Waals surface area contributed by atoms with Gasteiger partial charge in [-0.3, -0.25) is 0 Å². The van der Waals surface area contributed by atoms with E-state index in [4.69, 9.17) is 14.6 Å². The number of nitrogens with one attached hydrogen (secondary N) is 1. The summed E-state index contributed by atoms with van der Waals surface area (Å²) in [4.78, 5) is 34.6. The summed E-state index contributed by atoms with van der Waals surface area (Å²) in [5.41, 5.74) is 0. The number of amides is 3. The highest BCUT2D eigenvalue weighted by Crippen LogP contribution is 2.07. The molecule has 0 saturated heterocycles. The molecule has 0 rings (SSSR count). The zero-order valence-electron chi connectivity index (χ0n) is 24.5. The fraction of sp³-hybridized carbons (Fsp3) is 0.897. The Labute approximate surface area is 227 Å². The molecule has 0 bridgehead atoms. The Hall–Kier alpha value is -1.99. The average Bonchev–Trinajstić information content (AvgIpc) is 2.88. The van der Waals surface area contributed by atoms with Crippen molar-refractivity contribution in [1.29, 1.82) is 0 Å². The third-order valence-electron chi connectivity index (χ3n) is 5.94. The van der Waals surface area contributed by atoms with Crippen LogP contribution in [0, 0.1) is 0 Å². The maximum Gasteiger partial charge on any atom is 0.419 e. The molecule has 0 atom stereocenters. The Morgan fingerprint density at radius 3 is 1.54 bits per heavy atom. The lowest BCUT2D eigenvalue weighted by molar-refractivity contribution is 0.0924. The SMILES string of the molecule is CCCCCCCCOC(=O)N(CCCCC)C(=O)O.CCCCCCCCOC(=O)NCCCCC. The fourth-order valence-electron chi connectivity index (χ4n) is 3.57. The first kappa shape index (κ1) is 37.2. The molecule has 0 spiro atoms. The minimum Gasteiger partial charge on any atom is -0.465 e. The molecule has 0 unspecified atom stereocenters. The summed E-state index contributed by atoms with van der Waals surface area (Å²) in [7, 11) is 0. The number of unbranched alkanes of at least 4 members (excludes halogenated alkanes) is 14. The van der Waals surface area contributed by atoms with E-state index >= 15 is 0 Å². The first-order valence-electron chi connectivity index (χ1n) is 15.0. The second kappa shape index (κ2) is 30.2. The molecule has 0 aromatic rings. The van der Waals surface area contributed by atoms with Crippen molar-refractivity contribution in [2.75, 3.05) is 26.3 Å². The minimum atomic E-state index is -1.23. The maximum atomic E-state index is 11.6. The second-order valence-corrected chi connectivity index (χ2v) is 9.56. The van der Waals surface area contributed by atoms with E-state index in [1.165, 1.54) is 57.8 Å². The van der Waals surface area contributed by atoms with E-state index in [9.17, 15) is 14.4 Å². The van der Waals surface area contributed by atoms with Crippen LogP contribution in [-0.2, 0) is 9.47 Å². The number of ether oxygens (including phenoxy) is 2. The lowest BCUT2D eigenvalue weighted by Crippen LogP contribution is -2.37. The van der Waals surface area contributed by atoms with Crippen LogP contribution in [0.2, 0.25) is 0 Å². The summed E-state index contributed by atoms with van der Waals surface area (Å²) in [5, 5.41) is 11.7.